The number of hydrogen-bond donors (Lipinski definition) is 1. The molecule has 1 aliphatic rings. The van der Waals surface area contributed by atoms with Gasteiger partial charge in [0.15, 0.2) is 6.61 Å². The lowest BCUT2D eigenvalue weighted by Crippen LogP contribution is -2.44. The average Bonchev–Trinajstić information content (AvgIpc) is 2.69. The first-order chi connectivity index (χ1) is 13.1. The third-order valence-corrected chi connectivity index (χ3v) is 4.95. The minimum Gasteiger partial charge on any atom is -0.484 e. The quantitative estimate of drug-likeness (QED) is 0.791. The van der Waals surface area contributed by atoms with Crippen LogP contribution in [0.1, 0.15) is 17.2 Å². The monoisotopic (exact) mass is 388 g/mol. The molecular weight excluding hydrogens is 364 g/mol. The number of benzene rings is 2. The van der Waals surface area contributed by atoms with Crippen molar-refractivity contribution in [1.29, 1.82) is 0 Å². The topological polar surface area (TPSA) is 50.8 Å². The van der Waals surface area contributed by atoms with Gasteiger partial charge >= 0.3 is 0 Å². The van der Waals surface area contributed by atoms with E-state index in [2.05, 4.69) is 10.2 Å². The molecule has 2 aromatic rings. The van der Waals surface area contributed by atoms with E-state index in [1.54, 1.807) is 0 Å². The van der Waals surface area contributed by atoms with E-state index < -0.39 is 0 Å². The van der Waals surface area contributed by atoms with Crippen molar-refractivity contribution in [2.75, 3.05) is 39.5 Å². The van der Waals surface area contributed by atoms with Crippen LogP contribution in [-0.2, 0) is 9.53 Å². The molecule has 2 aromatic carbocycles. The van der Waals surface area contributed by atoms with Crippen LogP contribution < -0.4 is 10.1 Å². The lowest BCUT2D eigenvalue weighted by molar-refractivity contribution is -0.123. The summed E-state index contributed by atoms with van der Waals surface area (Å²) in [6.45, 7) is 5.44. The van der Waals surface area contributed by atoms with Gasteiger partial charge in [-0.05, 0) is 36.2 Å². The number of ether oxygens (including phenoxy) is 2. The molecule has 0 bridgehead atoms. The van der Waals surface area contributed by atoms with Crippen molar-refractivity contribution < 1.29 is 14.3 Å². The zero-order valence-electron chi connectivity index (χ0n) is 15.5. The molecule has 1 atom stereocenters. The molecule has 3 rings (SSSR count). The molecular formula is C21H25ClN2O3. The van der Waals surface area contributed by atoms with Gasteiger partial charge in [0.05, 0.1) is 19.3 Å². The van der Waals surface area contributed by atoms with Gasteiger partial charge < -0.3 is 14.8 Å². The Hall–Kier alpha value is -2.08. The number of halogens is 1. The van der Waals surface area contributed by atoms with E-state index in [9.17, 15) is 4.79 Å². The van der Waals surface area contributed by atoms with Crippen molar-refractivity contribution in [3.05, 3.63) is 64.7 Å². The average molecular weight is 389 g/mol. The highest BCUT2D eigenvalue weighted by molar-refractivity contribution is 6.31. The van der Waals surface area contributed by atoms with Gasteiger partial charge in [-0.25, -0.2) is 0 Å². The number of rotatable bonds is 7. The number of carbonyl (C=O) groups is 1. The van der Waals surface area contributed by atoms with E-state index in [0.29, 0.717) is 30.5 Å². The molecule has 1 saturated heterocycles. The maximum atomic E-state index is 12.3. The molecule has 0 aromatic heterocycles. The molecule has 6 heteroatoms. The number of carbonyl (C=O) groups excluding carboxylic acids is 1. The van der Waals surface area contributed by atoms with Crippen LogP contribution in [-0.4, -0.2) is 50.3 Å². The molecule has 1 aliphatic heterocycles. The Morgan fingerprint density at radius 3 is 2.74 bits per heavy atom. The van der Waals surface area contributed by atoms with E-state index in [-0.39, 0.29) is 18.6 Å². The van der Waals surface area contributed by atoms with E-state index in [1.165, 1.54) is 0 Å². The predicted octanol–water partition coefficient (Wildman–Crippen LogP) is 3.22. The SMILES string of the molecule is Cc1cccc(OCC(=O)NC[C@H](c2ccccc2Cl)N2CCOCC2)c1. The standard InChI is InChI=1S/C21H25ClN2O3/c1-16-5-4-6-17(13-16)27-15-21(25)23-14-20(24-9-11-26-12-10-24)18-7-2-3-8-19(18)22/h2-8,13,20H,9-12,14-15H2,1H3,(H,23,25)/t20-/m1/s1. The Kier molecular flexibility index (Phi) is 7.10. The van der Waals surface area contributed by atoms with Crippen molar-refractivity contribution >= 4 is 17.5 Å². The van der Waals surface area contributed by atoms with Gasteiger partial charge in [0.1, 0.15) is 5.75 Å². The molecule has 0 saturated carbocycles. The Morgan fingerprint density at radius 2 is 2.00 bits per heavy atom. The second-order valence-electron chi connectivity index (χ2n) is 6.59. The molecule has 0 aliphatic carbocycles. The number of nitrogens with one attached hydrogen (secondary N) is 1. The minimum absolute atomic E-state index is 0.00511. The normalized spacial score (nSPS) is 15.9. The largest absolute Gasteiger partial charge is 0.484 e. The Bertz CT molecular complexity index is 763. The summed E-state index contributed by atoms with van der Waals surface area (Å²) >= 11 is 6.41. The van der Waals surface area contributed by atoms with Crippen LogP contribution in [0.4, 0.5) is 0 Å². The van der Waals surface area contributed by atoms with E-state index in [0.717, 1.165) is 24.2 Å². The molecule has 27 heavy (non-hydrogen) atoms. The van der Waals surface area contributed by atoms with Crippen molar-refractivity contribution in [3.8, 4) is 5.75 Å². The molecule has 1 fully saturated rings. The van der Waals surface area contributed by atoms with Crippen LogP contribution in [0, 0.1) is 6.92 Å². The first kappa shape index (κ1) is 19.7. The van der Waals surface area contributed by atoms with Gasteiger partial charge in [-0.3, -0.25) is 9.69 Å². The summed E-state index contributed by atoms with van der Waals surface area (Å²) in [5, 5.41) is 3.69. The van der Waals surface area contributed by atoms with Crippen molar-refractivity contribution in [2.45, 2.75) is 13.0 Å². The molecule has 144 valence electrons. The number of hydrogen-bond acceptors (Lipinski definition) is 4. The summed E-state index contributed by atoms with van der Waals surface area (Å²) in [7, 11) is 0. The van der Waals surface area contributed by atoms with Gasteiger partial charge in [-0.15, -0.1) is 0 Å². The van der Waals surface area contributed by atoms with Gasteiger partial charge in [-0.1, -0.05) is 41.9 Å². The lowest BCUT2D eigenvalue weighted by Gasteiger charge is -2.35. The molecule has 1 N–H and O–H groups in total. The second kappa shape index (κ2) is 9.74. The highest BCUT2D eigenvalue weighted by Gasteiger charge is 2.24. The van der Waals surface area contributed by atoms with E-state index >= 15 is 0 Å². The number of amides is 1. The molecule has 0 spiro atoms. The molecule has 0 radical (unpaired) electrons. The molecule has 1 heterocycles. The fourth-order valence-electron chi connectivity index (χ4n) is 3.19. The summed E-state index contributed by atoms with van der Waals surface area (Å²) in [5.41, 5.74) is 2.11. The minimum atomic E-state index is -0.151. The zero-order chi connectivity index (χ0) is 19.1. The number of morpholine rings is 1. The van der Waals surface area contributed by atoms with Crippen LogP contribution in [0.5, 0.6) is 5.75 Å². The third kappa shape index (κ3) is 5.70. The van der Waals surface area contributed by atoms with Crippen LogP contribution in [0.2, 0.25) is 5.02 Å². The highest BCUT2D eigenvalue weighted by Crippen LogP contribution is 2.27. The van der Waals surface area contributed by atoms with E-state index in [1.807, 2.05) is 55.5 Å². The summed E-state index contributed by atoms with van der Waals surface area (Å²) in [4.78, 5) is 14.6. The number of aryl methyl sites for hydroxylation is 1. The van der Waals surface area contributed by atoms with Gasteiger partial charge in [0.25, 0.3) is 5.91 Å². The molecule has 5 nitrogen and oxygen atoms in total. The van der Waals surface area contributed by atoms with Crippen molar-refractivity contribution in [3.63, 3.8) is 0 Å². The van der Waals surface area contributed by atoms with Crippen molar-refractivity contribution in [2.24, 2.45) is 0 Å². The fraction of sp³-hybridized carbons (Fsp3) is 0.381. The molecule has 1 amide bonds. The Labute approximate surface area is 165 Å². The zero-order valence-corrected chi connectivity index (χ0v) is 16.2. The Balaban J connectivity index is 1.60. The van der Waals surface area contributed by atoms with Crippen LogP contribution in [0.25, 0.3) is 0 Å². The Morgan fingerprint density at radius 1 is 1.22 bits per heavy atom. The summed E-state index contributed by atoms with van der Waals surface area (Å²) in [6.07, 6.45) is 0. The summed E-state index contributed by atoms with van der Waals surface area (Å²) in [6, 6.07) is 15.4. The highest BCUT2D eigenvalue weighted by atomic mass is 35.5. The van der Waals surface area contributed by atoms with Gasteiger partial charge in [0.2, 0.25) is 0 Å². The van der Waals surface area contributed by atoms with Gasteiger partial charge in [0, 0.05) is 24.7 Å². The first-order valence-electron chi connectivity index (χ1n) is 9.16. The van der Waals surface area contributed by atoms with Gasteiger partial charge in [-0.2, -0.15) is 0 Å². The third-order valence-electron chi connectivity index (χ3n) is 4.60. The summed E-state index contributed by atoms with van der Waals surface area (Å²) < 4.78 is 11.0. The van der Waals surface area contributed by atoms with Crippen LogP contribution in [0.3, 0.4) is 0 Å². The molecule has 0 unspecified atom stereocenters. The van der Waals surface area contributed by atoms with Crippen LogP contribution >= 0.6 is 11.6 Å². The predicted molar refractivity (Wildman–Crippen MR) is 106 cm³/mol. The lowest BCUT2D eigenvalue weighted by atomic mass is 10.0. The second-order valence-corrected chi connectivity index (χ2v) is 7.00. The van der Waals surface area contributed by atoms with E-state index in [4.69, 9.17) is 21.1 Å². The first-order valence-corrected chi connectivity index (χ1v) is 9.53. The maximum Gasteiger partial charge on any atom is 0.258 e. The number of nitrogens with zero attached hydrogens (tertiary/aromatic N) is 1. The smallest absolute Gasteiger partial charge is 0.258 e. The fourth-order valence-corrected chi connectivity index (χ4v) is 3.45. The maximum absolute atomic E-state index is 12.3. The summed E-state index contributed by atoms with van der Waals surface area (Å²) in [5.74, 6) is 0.544. The van der Waals surface area contributed by atoms with Crippen LogP contribution in [0.15, 0.2) is 48.5 Å². The van der Waals surface area contributed by atoms with Crippen molar-refractivity contribution in [1.82, 2.24) is 10.2 Å².